The van der Waals surface area contributed by atoms with E-state index in [4.69, 9.17) is 4.74 Å². The molecule has 2 rings (SSSR count). The minimum absolute atomic E-state index is 0.0545. The first-order chi connectivity index (χ1) is 9.53. The Morgan fingerprint density at radius 3 is 2.40 bits per heavy atom. The highest BCUT2D eigenvalue weighted by Gasteiger charge is 2.24. The van der Waals surface area contributed by atoms with Crippen LogP contribution >= 0.6 is 0 Å². The molecule has 1 aromatic carbocycles. The molecule has 1 N–H and O–H groups in total. The molecule has 0 unspecified atom stereocenters. The summed E-state index contributed by atoms with van der Waals surface area (Å²) < 4.78 is 31.0. The molecule has 0 spiro atoms. The van der Waals surface area contributed by atoms with Crippen LogP contribution in [-0.4, -0.2) is 52.0 Å². The van der Waals surface area contributed by atoms with Gasteiger partial charge in [0.15, 0.2) is 0 Å². The van der Waals surface area contributed by atoms with Crippen molar-refractivity contribution in [3.05, 3.63) is 35.4 Å². The highest BCUT2D eigenvalue weighted by atomic mass is 32.2. The van der Waals surface area contributed by atoms with Crippen LogP contribution in [0.3, 0.4) is 0 Å². The number of benzene rings is 1. The molecule has 7 heteroatoms. The van der Waals surface area contributed by atoms with E-state index in [1.165, 1.54) is 4.31 Å². The molecule has 0 bridgehead atoms. The van der Waals surface area contributed by atoms with Crippen molar-refractivity contribution in [2.75, 3.05) is 33.4 Å². The number of hydrogen-bond acceptors (Lipinski definition) is 4. The van der Waals surface area contributed by atoms with Gasteiger partial charge >= 0.3 is 0 Å². The summed E-state index contributed by atoms with van der Waals surface area (Å²) in [7, 11) is -1.77. The largest absolute Gasteiger partial charge is 0.379 e. The highest BCUT2D eigenvalue weighted by Crippen LogP contribution is 2.13. The van der Waals surface area contributed by atoms with Gasteiger partial charge in [0, 0.05) is 25.7 Å². The molecule has 1 aliphatic rings. The lowest BCUT2D eigenvalue weighted by atomic mass is 10.1. The van der Waals surface area contributed by atoms with Crippen LogP contribution in [0.4, 0.5) is 0 Å². The van der Waals surface area contributed by atoms with Gasteiger partial charge in [-0.15, -0.1) is 0 Å². The number of carbonyl (C=O) groups is 1. The van der Waals surface area contributed by atoms with Gasteiger partial charge in [0.2, 0.25) is 10.0 Å². The molecule has 1 aromatic rings. The lowest BCUT2D eigenvalue weighted by molar-refractivity contribution is 0.0729. The Balaban J connectivity index is 2.07. The zero-order valence-electron chi connectivity index (χ0n) is 11.3. The third kappa shape index (κ3) is 3.56. The molecule has 1 saturated heterocycles. The van der Waals surface area contributed by atoms with E-state index in [9.17, 15) is 13.2 Å². The average molecular weight is 298 g/mol. The quantitative estimate of drug-likeness (QED) is 0.862. The van der Waals surface area contributed by atoms with Gasteiger partial charge in [-0.2, -0.15) is 4.31 Å². The summed E-state index contributed by atoms with van der Waals surface area (Å²) in [6.45, 7) is 1.68. The van der Waals surface area contributed by atoms with Crippen LogP contribution in [0.15, 0.2) is 24.3 Å². The Morgan fingerprint density at radius 1 is 1.25 bits per heavy atom. The first-order valence-electron chi connectivity index (χ1n) is 6.39. The second kappa shape index (κ2) is 6.34. The Kier molecular flexibility index (Phi) is 4.74. The van der Waals surface area contributed by atoms with E-state index in [1.807, 2.05) is 0 Å². The van der Waals surface area contributed by atoms with Gasteiger partial charge in [0.25, 0.3) is 5.91 Å². The summed E-state index contributed by atoms with van der Waals surface area (Å²) in [6.07, 6.45) is 0. The number of rotatable bonds is 4. The molecule has 1 heterocycles. The lowest BCUT2D eigenvalue weighted by Crippen LogP contribution is -2.41. The number of ether oxygens (including phenoxy) is 1. The molecule has 110 valence electrons. The third-order valence-electron chi connectivity index (χ3n) is 3.16. The number of amides is 1. The Morgan fingerprint density at radius 2 is 1.85 bits per heavy atom. The Hall–Kier alpha value is -1.44. The van der Waals surface area contributed by atoms with Crippen molar-refractivity contribution in [3.8, 4) is 0 Å². The van der Waals surface area contributed by atoms with E-state index in [0.29, 0.717) is 37.4 Å². The summed E-state index contributed by atoms with van der Waals surface area (Å²) in [4.78, 5) is 11.4. The van der Waals surface area contributed by atoms with Gasteiger partial charge in [-0.25, -0.2) is 8.42 Å². The van der Waals surface area contributed by atoms with E-state index < -0.39 is 10.0 Å². The SMILES string of the molecule is CNC(=O)c1ccc(CS(=O)(=O)N2CCOCC2)cc1. The monoisotopic (exact) mass is 298 g/mol. The first-order valence-corrected chi connectivity index (χ1v) is 8.00. The first kappa shape index (κ1) is 15.0. The number of carbonyl (C=O) groups excluding carboxylic acids is 1. The number of nitrogens with one attached hydrogen (secondary N) is 1. The number of sulfonamides is 1. The molecular weight excluding hydrogens is 280 g/mol. The van der Waals surface area contributed by atoms with Gasteiger partial charge in [-0.3, -0.25) is 4.79 Å². The second-order valence-corrected chi connectivity index (χ2v) is 6.51. The van der Waals surface area contributed by atoms with Crippen LogP contribution < -0.4 is 5.32 Å². The molecule has 6 nitrogen and oxygen atoms in total. The molecule has 0 aromatic heterocycles. The van der Waals surface area contributed by atoms with Crippen molar-refractivity contribution < 1.29 is 17.9 Å². The van der Waals surface area contributed by atoms with Crippen molar-refractivity contribution in [2.45, 2.75) is 5.75 Å². The van der Waals surface area contributed by atoms with E-state index >= 15 is 0 Å². The zero-order chi connectivity index (χ0) is 14.6. The normalized spacial score (nSPS) is 16.9. The minimum Gasteiger partial charge on any atom is -0.379 e. The predicted octanol–water partition coefficient (Wildman–Crippen LogP) is 0.208. The fourth-order valence-electron chi connectivity index (χ4n) is 2.02. The van der Waals surface area contributed by atoms with Crippen LogP contribution in [-0.2, 0) is 20.5 Å². The number of morpholine rings is 1. The Labute approximate surface area is 118 Å². The van der Waals surface area contributed by atoms with Crippen molar-refractivity contribution in [3.63, 3.8) is 0 Å². The fourth-order valence-corrected chi connectivity index (χ4v) is 3.53. The van der Waals surface area contributed by atoms with Crippen molar-refractivity contribution in [1.29, 1.82) is 0 Å². The zero-order valence-corrected chi connectivity index (χ0v) is 12.1. The molecular formula is C13H18N2O4S. The summed E-state index contributed by atoms with van der Waals surface area (Å²) in [6, 6.07) is 6.59. The molecule has 0 atom stereocenters. The maximum absolute atomic E-state index is 12.2. The van der Waals surface area contributed by atoms with Crippen LogP contribution in [0, 0.1) is 0 Å². The minimum atomic E-state index is -3.32. The molecule has 1 fully saturated rings. The maximum Gasteiger partial charge on any atom is 0.251 e. The van der Waals surface area contributed by atoms with Gasteiger partial charge < -0.3 is 10.1 Å². The molecule has 0 saturated carbocycles. The van der Waals surface area contributed by atoms with Crippen LogP contribution in [0.2, 0.25) is 0 Å². The molecule has 1 aliphatic heterocycles. The van der Waals surface area contributed by atoms with E-state index in [0.717, 1.165) is 0 Å². The summed E-state index contributed by atoms with van der Waals surface area (Å²) in [5.74, 6) is -0.242. The van der Waals surface area contributed by atoms with Gasteiger partial charge in [0.05, 0.1) is 19.0 Å². The number of nitrogens with zero attached hydrogens (tertiary/aromatic N) is 1. The fraction of sp³-hybridized carbons (Fsp3) is 0.462. The average Bonchev–Trinajstić information content (AvgIpc) is 2.48. The smallest absolute Gasteiger partial charge is 0.251 e. The molecule has 20 heavy (non-hydrogen) atoms. The van der Waals surface area contributed by atoms with Gasteiger partial charge in [-0.1, -0.05) is 12.1 Å². The summed E-state index contributed by atoms with van der Waals surface area (Å²) >= 11 is 0. The van der Waals surface area contributed by atoms with Crippen molar-refractivity contribution in [1.82, 2.24) is 9.62 Å². The van der Waals surface area contributed by atoms with E-state index in [-0.39, 0.29) is 11.7 Å². The molecule has 0 radical (unpaired) electrons. The summed E-state index contributed by atoms with van der Waals surface area (Å²) in [5.41, 5.74) is 1.18. The lowest BCUT2D eigenvalue weighted by Gasteiger charge is -2.26. The van der Waals surface area contributed by atoms with Crippen molar-refractivity contribution >= 4 is 15.9 Å². The van der Waals surface area contributed by atoms with Crippen molar-refractivity contribution in [2.24, 2.45) is 0 Å². The predicted molar refractivity (Wildman–Crippen MR) is 74.8 cm³/mol. The van der Waals surface area contributed by atoms with Crippen LogP contribution in [0.5, 0.6) is 0 Å². The van der Waals surface area contributed by atoms with E-state index in [1.54, 1.807) is 31.3 Å². The molecule has 1 amide bonds. The van der Waals surface area contributed by atoms with Gasteiger partial charge in [0.1, 0.15) is 0 Å². The van der Waals surface area contributed by atoms with E-state index in [2.05, 4.69) is 5.32 Å². The highest BCUT2D eigenvalue weighted by molar-refractivity contribution is 7.88. The molecule has 0 aliphatic carbocycles. The van der Waals surface area contributed by atoms with Crippen LogP contribution in [0.1, 0.15) is 15.9 Å². The third-order valence-corrected chi connectivity index (χ3v) is 5.01. The Bertz CT molecular complexity index is 563. The van der Waals surface area contributed by atoms with Gasteiger partial charge in [-0.05, 0) is 17.7 Å². The van der Waals surface area contributed by atoms with Crippen LogP contribution in [0.25, 0.3) is 0 Å². The second-order valence-electron chi connectivity index (χ2n) is 4.54. The number of hydrogen-bond donors (Lipinski definition) is 1. The maximum atomic E-state index is 12.2. The topological polar surface area (TPSA) is 75.7 Å². The standard InChI is InChI=1S/C13H18N2O4S/c1-14-13(16)12-4-2-11(3-5-12)10-20(17,18)15-6-8-19-9-7-15/h2-5H,6-10H2,1H3,(H,14,16). The summed E-state index contributed by atoms with van der Waals surface area (Å²) in [5, 5.41) is 2.52.